The molecule has 180 valence electrons. The Labute approximate surface area is 187 Å². The molecule has 2 N–H and O–H groups in total. The van der Waals surface area contributed by atoms with Crippen molar-refractivity contribution in [1.29, 1.82) is 0 Å². The summed E-state index contributed by atoms with van der Waals surface area (Å²) in [5.41, 5.74) is -1.48. The molecule has 2 aromatic carbocycles. The van der Waals surface area contributed by atoms with Crippen molar-refractivity contribution >= 4 is 27.7 Å². The number of ether oxygens (including phenoxy) is 1. The average molecular weight is 492 g/mol. The Bertz CT molecular complexity index is 1120. The number of rotatable bonds is 9. The van der Waals surface area contributed by atoms with Gasteiger partial charge in [-0.1, -0.05) is 13.0 Å². The van der Waals surface area contributed by atoms with E-state index in [0.29, 0.717) is 6.42 Å². The third kappa shape index (κ3) is 8.04. The van der Waals surface area contributed by atoms with Crippen LogP contribution < -0.4 is 14.8 Å². The van der Waals surface area contributed by atoms with Gasteiger partial charge in [0.05, 0.1) is 18.4 Å². The minimum atomic E-state index is -4.55. The van der Waals surface area contributed by atoms with Crippen LogP contribution in [0.3, 0.4) is 0 Å². The molecule has 2 aromatic rings. The largest absolute Gasteiger partial charge is 0.493 e. The molecule has 0 aliphatic heterocycles. The molecule has 0 aliphatic carbocycles. The first-order valence-electron chi connectivity index (χ1n) is 9.56. The number of nitrogens with one attached hydrogen (secondary N) is 2. The van der Waals surface area contributed by atoms with Crippen LogP contribution in [-0.2, 0) is 27.5 Å². The van der Waals surface area contributed by atoms with E-state index >= 15 is 0 Å². The third-order valence-corrected chi connectivity index (χ3v) is 4.65. The minimum absolute atomic E-state index is 0.0206. The van der Waals surface area contributed by atoms with Crippen molar-refractivity contribution in [2.75, 3.05) is 17.6 Å². The minimum Gasteiger partial charge on any atom is -0.493 e. The smallest absolute Gasteiger partial charge is 0.416 e. The molecule has 0 saturated carbocycles. The number of halogens is 5. The van der Waals surface area contributed by atoms with Crippen LogP contribution in [0, 0.1) is 11.6 Å². The van der Waals surface area contributed by atoms with Crippen LogP contribution in [-0.4, -0.2) is 27.2 Å². The van der Waals surface area contributed by atoms with E-state index in [2.05, 4.69) is 5.32 Å². The van der Waals surface area contributed by atoms with Gasteiger partial charge < -0.3 is 10.1 Å². The summed E-state index contributed by atoms with van der Waals surface area (Å²) in [4.78, 5) is 12.1. The highest BCUT2D eigenvalue weighted by molar-refractivity contribution is 7.92. The van der Waals surface area contributed by atoms with Crippen LogP contribution in [0.4, 0.5) is 27.6 Å². The van der Waals surface area contributed by atoms with Gasteiger partial charge in [0.15, 0.2) is 11.6 Å². The van der Waals surface area contributed by atoms with E-state index in [4.69, 9.17) is 4.74 Å². The molecular formula is C21H21F5N2O4S. The summed E-state index contributed by atoms with van der Waals surface area (Å²) in [7, 11) is -3.90. The zero-order valence-electron chi connectivity index (χ0n) is 17.6. The van der Waals surface area contributed by atoms with Crippen molar-refractivity contribution in [3.05, 3.63) is 64.7 Å². The topological polar surface area (TPSA) is 84.5 Å². The monoisotopic (exact) mass is 492 g/mol. The van der Waals surface area contributed by atoms with Crippen molar-refractivity contribution < 1.29 is 39.9 Å². The number of hydrogen-bond acceptors (Lipinski definition) is 4. The Morgan fingerprint density at radius 3 is 2.30 bits per heavy atom. The van der Waals surface area contributed by atoms with E-state index in [0.717, 1.165) is 42.7 Å². The fraction of sp³-hybridized carbons (Fsp3) is 0.286. The third-order valence-electron chi connectivity index (χ3n) is 4.07. The molecule has 0 atom stereocenters. The van der Waals surface area contributed by atoms with Gasteiger partial charge in [-0.05, 0) is 42.3 Å². The second-order valence-electron chi connectivity index (χ2n) is 6.96. The number of alkyl halides is 3. The number of amides is 1. The molecule has 1 amide bonds. The maximum absolute atomic E-state index is 14.0. The van der Waals surface area contributed by atoms with Gasteiger partial charge in [0, 0.05) is 18.2 Å². The summed E-state index contributed by atoms with van der Waals surface area (Å²) < 4.78 is 96.2. The maximum Gasteiger partial charge on any atom is 0.416 e. The van der Waals surface area contributed by atoms with Crippen LogP contribution >= 0.6 is 0 Å². The molecule has 0 heterocycles. The first-order valence-corrected chi connectivity index (χ1v) is 11.4. The quantitative estimate of drug-likeness (QED) is 0.400. The summed E-state index contributed by atoms with van der Waals surface area (Å²) in [5.74, 6) is -3.06. The maximum atomic E-state index is 14.0. The van der Waals surface area contributed by atoms with E-state index in [1.54, 1.807) is 11.6 Å². The van der Waals surface area contributed by atoms with Gasteiger partial charge in [0.2, 0.25) is 15.9 Å². The summed E-state index contributed by atoms with van der Waals surface area (Å²) in [6, 6.07) is 4.56. The van der Waals surface area contributed by atoms with Crippen molar-refractivity contribution in [2.45, 2.75) is 26.1 Å². The average Bonchev–Trinajstić information content (AvgIpc) is 2.70. The lowest BCUT2D eigenvalue weighted by atomic mass is 10.1. The van der Waals surface area contributed by atoms with E-state index in [9.17, 15) is 35.2 Å². The van der Waals surface area contributed by atoms with Crippen LogP contribution in [0.25, 0.3) is 6.08 Å². The fourth-order valence-electron chi connectivity index (χ4n) is 2.61. The van der Waals surface area contributed by atoms with Gasteiger partial charge in [-0.15, -0.1) is 0 Å². The molecule has 0 fully saturated rings. The Morgan fingerprint density at radius 2 is 1.76 bits per heavy atom. The summed E-state index contributed by atoms with van der Waals surface area (Å²) in [6.45, 7) is 1.67. The van der Waals surface area contributed by atoms with Gasteiger partial charge in [0.1, 0.15) is 11.4 Å². The highest BCUT2D eigenvalue weighted by Crippen LogP contribution is 2.33. The highest BCUT2D eigenvalue weighted by Gasteiger charge is 2.31. The van der Waals surface area contributed by atoms with Gasteiger partial charge in [0.25, 0.3) is 0 Å². The lowest BCUT2D eigenvalue weighted by Gasteiger charge is -2.12. The SMILES string of the molecule is CCCOc1cc(C(F)(F)F)ccc1/C=C\C(=O)NCc1cc(F)c(NS(C)(=O)=O)c(F)c1. The molecule has 0 spiro atoms. The van der Waals surface area contributed by atoms with Crippen LogP contribution in [0.1, 0.15) is 30.0 Å². The van der Waals surface area contributed by atoms with Gasteiger partial charge in [-0.2, -0.15) is 13.2 Å². The Kier molecular flexibility index (Phi) is 8.42. The van der Waals surface area contributed by atoms with Crippen molar-refractivity contribution in [3.63, 3.8) is 0 Å². The Balaban J connectivity index is 2.11. The zero-order valence-corrected chi connectivity index (χ0v) is 18.4. The van der Waals surface area contributed by atoms with E-state index in [1.807, 2.05) is 0 Å². The molecule has 2 rings (SSSR count). The molecule has 0 radical (unpaired) electrons. The summed E-state index contributed by atoms with van der Waals surface area (Å²) in [5, 5.41) is 2.37. The van der Waals surface area contributed by atoms with E-state index < -0.39 is 45.0 Å². The van der Waals surface area contributed by atoms with Gasteiger partial charge in [-0.3, -0.25) is 9.52 Å². The first-order chi connectivity index (χ1) is 15.3. The summed E-state index contributed by atoms with van der Waals surface area (Å²) >= 11 is 0. The predicted octanol–water partition coefficient (Wildman–Crippen LogP) is 4.47. The first kappa shape index (κ1) is 26.1. The van der Waals surface area contributed by atoms with Crippen LogP contribution in [0.15, 0.2) is 36.4 Å². The van der Waals surface area contributed by atoms with Gasteiger partial charge >= 0.3 is 6.18 Å². The van der Waals surface area contributed by atoms with Crippen molar-refractivity contribution in [2.24, 2.45) is 0 Å². The zero-order chi connectivity index (χ0) is 24.8. The van der Waals surface area contributed by atoms with E-state index in [-0.39, 0.29) is 30.0 Å². The number of carbonyl (C=O) groups excluding carboxylic acids is 1. The lowest BCUT2D eigenvalue weighted by molar-refractivity contribution is -0.137. The highest BCUT2D eigenvalue weighted by atomic mass is 32.2. The predicted molar refractivity (Wildman–Crippen MR) is 113 cm³/mol. The second-order valence-corrected chi connectivity index (χ2v) is 8.71. The number of hydrogen-bond donors (Lipinski definition) is 2. The standard InChI is InChI=1S/C21H21F5N2O4S/c1-3-8-32-18-11-15(21(24,25)26)6-4-14(18)5-7-19(29)27-12-13-9-16(22)20(17(23)10-13)28-33(2,30)31/h4-7,9-11,28H,3,8,12H2,1-2H3,(H,27,29)/b7-5-. The number of carbonyl (C=O) groups is 1. The number of benzene rings is 2. The number of sulfonamides is 1. The van der Waals surface area contributed by atoms with Crippen LogP contribution in [0.5, 0.6) is 5.75 Å². The van der Waals surface area contributed by atoms with Crippen molar-refractivity contribution in [3.8, 4) is 5.75 Å². The molecule has 6 nitrogen and oxygen atoms in total. The van der Waals surface area contributed by atoms with Crippen molar-refractivity contribution in [1.82, 2.24) is 5.32 Å². The molecule has 0 unspecified atom stereocenters. The Morgan fingerprint density at radius 1 is 1.12 bits per heavy atom. The number of anilines is 1. The summed E-state index contributed by atoms with van der Waals surface area (Å²) in [6.07, 6.45) is -0.970. The molecule has 0 bridgehead atoms. The lowest BCUT2D eigenvalue weighted by Crippen LogP contribution is -2.21. The normalized spacial score (nSPS) is 12.1. The fourth-order valence-corrected chi connectivity index (χ4v) is 3.18. The van der Waals surface area contributed by atoms with E-state index in [1.165, 1.54) is 6.08 Å². The molecule has 0 aliphatic rings. The molecule has 33 heavy (non-hydrogen) atoms. The molecule has 0 saturated heterocycles. The molecular weight excluding hydrogens is 471 g/mol. The Hall–Kier alpha value is -3.15. The second kappa shape index (κ2) is 10.6. The van der Waals surface area contributed by atoms with Crippen LogP contribution in [0.2, 0.25) is 0 Å². The molecule has 0 aromatic heterocycles. The molecule has 12 heteroatoms. The van der Waals surface area contributed by atoms with Gasteiger partial charge in [-0.25, -0.2) is 17.2 Å².